The molecule has 0 bridgehead atoms. The molecular formula is C20H20Br2N4. The third kappa shape index (κ3) is 2.53. The average Bonchev–Trinajstić information content (AvgIpc) is 3.01. The monoisotopic (exact) mass is 474 g/mol. The molecule has 0 atom stereocenters. The van der Waals surface area contributed by atoms with Crippen molar-refractivity contribution in [3.63, 3.8) is 0 Å². The van der Waals surface area contributed by atoms with Crippen LogP contribution in [0.25, 0.3) is 11.3 Å². The predicted octanol–water partition coefficient (Wildman–Crippen LogP) is 4.76. The van der Waals surface area contributed by atoms with Crippen molar-refractivity contribution in [2.45, 2.75) is 12.8 Å². The quantitative estimate of drug-likeness (QED) is 0.593. The fraction of sp³-hybridized carbons (Fsp3) is 0.350. The van der Waals surface area contributed by atoms with Crippen molar-refractivity contribution < 1.29 is 0 Å². The second-order valence-electron chi connectivity index (χ2n) is 7.17. The van der Waals surface area contributed by atoms with Crippen molar-refractivity contribution in [3.8, 4) is 5.69 Å². The summed E-state index contributed by atoms with van der Waals surface area (Å²) in [5.74, 6) is 0. The lowest BCUT2D eigenvalue weighted by Gasteiger charge is -2.35. The lowest BCUT2D eigenvalue weighted by molar-refractivity contribution is 0.313. The molecule has 0 amide bonds. The summed E-state index contributed by atoms with van der Waals surface area (Å²) in [4.78, 5) is 9.92. The maximum Gasteiger partial charge on any atom is 0.115 e. The summed E-state index contributed by atoms with van der Waals surface area (Å²) in [5, 5.41) is 0. The molecule has 1 fully saturated rings. The van der Waals surface area contributed by atoms with E-state index in [9.17, 15) is 0 Å². The second kappa shape index (κ2) is 6.36. The van der Waals surface area contributed by atoms with Crippen LogP contribution in [0.4, 0.5) is 11.4 Å². The minimum atomic E-state index is 0.936. The molecule has 3 aliphatic rings. The molecule has 1 aromatic heterocycles. The zero-order valence-corrected chi connectivity index (χ0v) is 17.8. The maximum absolute atomic E-state index is 5.07. The van der Waals surface area contributed by atoms with E-state index in [1.165, 1.54) is 22.5 Å². The number of hydrogen-bond acceptors (Lipinski definition) is 3. The summed E-state index contributed by atoms with van der Waals surface area (Å²) in [6.07, 6.45) is 6.67. The number of likely N-dealkylation sites (N-methyl/N-ethyl adjacent to an activating group) is 1. The molecule has 0 spiro atoms. The fourth-order valence-corrected chi connectivity index (χ4v) is 5.20. The van der Waals surface area contributed by atoms with Crippen molar-refractivity contribution in [1.82, 2.24) is 9.47 Å². The molecule has 0 N–H and O–H groups in total. The molecule has 3 heterocycles. The topological polar surface area (TPSA) is 23.8 Å². The number of rotatable bonds is 1. The summed E-state index contributed by atoms with van der Waals surface area (Å²) in [5.41, 5.74) is 7.30. The molecule has 1 aromatic carbocycles. The minimum Gasteiger partial charge on any atom is -0.367 e. The number of anilines is 1. The lowest BCUT2D eigenvalue weighted by Crippen LogP contribution is -2.44. The van der Waals surface area contributed by atoms with Crippen molar-refractivity contribution in [2.24, 2.45) is 4.99 Å². The van der Waals surface area contributed by atoms with Gasteiger partial charge in [-0.3, -0.25) is 0 Å². The van der Waals surface area contributed by atoms with Crippen LogP contribution in [0.2, 0.25) is 0 Å². The Morgan fingerprint density at radius 2 is 1.85 bits per heavy atom. The fourth-order valence-electron chi connectivity index (χ4n) is 4.16. The second-order valence-corrected chi connectivity index (χ2v) is 8.78. The first-order valence-corrected chi connectivity index (χ1v) is 10.6. The number of aliphatic imine (C=N–C) groups is 1. The third-order valence-electron chi connectivity index (χ3n) is 5.58. The van der Waals surface area contributed by atoms with Gasteiger partial charge in [0.25, 0.3) is 0 Å². The van der Waals surface area contributed by atoms with Crippen LogP contribution in [-0.4, -0.2) is 47.3 Å². The number of nitrogens with zero attached hydrogens (tertiary/aromatic N) is 4. The van der Waals surface area contributed by atoms with Crippen LogP contribution in [0.1, 0.15) is 17.7 Å². The summed E-state index contributed by atoms with van der Waals surface area (Å²) < 4.78 is 4.34. The van der Waals surface area contributed by atoms with Crippen LogP contribution in [0.15, 0.2) is 39.9 Å². The Hall–Kier alpha value is -1.37. The largest absolute Gasteiger partial charge is 0.367 e. The van der Waals surface area contributed by atoms with Crippen molar-refractivity contribution in [1.29, 1.82) is 0 Å². The molecule has 1 aliphatic carbocycles. The van der Waals surface area contributed by atoms with Gasteiger partial charge in [0.1, 0.15) is 10.3 Å². The van der Waals surface area contributed by atoms with E-state index in [0.29, 0.717) is 0 Å². The van der Waals surface area contributed by atoms with Crippen LogP contribution in [-0.2, 0) is 6.42 Å². The van der Waals surface area contributed by atoms with Gasteiger partial charge in [-0.2, -0.15) is 0 Å². The van der Waals surface area contributed by atoms with E-state index in [-0.39, 0.29) is 0 Å². The highest BCUT2D eigenvalue weighted by atomic mass is 79.9. The molecule has 26 heavy (non-hydrogen) atoms. The highest BCUT2D eigenvalue weighted by Gasteiger charge is 2.29. The molecule has 134 valence electrons. The summed E-state index contributed by atoms with van der Waals surface area (Å²) in [7, 11) is 2.19. The average molecular weight is 476 g/mol. The Balaban J connectivity index is 1.75. The first-order chi connectivity index (χ1) is 12.6. The Bertz CT molecular complexity index is 949. The highest BCUT2D eigenvalue weighted by molar-refractivity contribution is 9.18. The molecule has 0 radical (unpaired) electrons. The molecule has 0 unspecified atom stereocenters. The Kier molecular flexibility index (Phi) is 4.10. The number of benzene rings is 1. The molecule has 1 saturated heterocycles. The maximum atomic E-state index is 5.07. The van der Waals surface area contributed by atoms with Gasteiger partial charge in [0, 0.05) is 42.4 Å². The Labute approximate surface area is 170 Å². The first kappa shape index (κ1) is 16.8. The van der Waals surface area contributed by atoms with E-state index >= 15 is 0 Å². The first-order valence-electron chi connectivity index (χ1n) is 9.05. The predicted molar refractivity (Wildman–Crippen MR) is 115 cm³/mol. The van der Waals surface area contributed by atoms with Gasteiger partial charge in [-0.05, 0) is 75.5 Å². The van der Waals surface area contributed by atoms with E-state index in [1.54, 1.807) is 0 Å². The smallest absolute Gasteiger partial charge is 0.115 e. The van der Waals surface area contributed by atoms with Crippen molar-refractivity contribution >= 4 is 53.4 Å². The van der Waals surface area contributed by atoms with Gasteiger partial charge in [0.15, 0.2) is 0 Å². The minimum absolute atomic E-state index is 0.936. The highest BCUT2D eigenvalue weighted by Crippen LogP contribution is 2.46. The lowest BCUT2D eigenvalue weighted by atomic mass is 9.98. The summed E-state index contributed by atoms with van der Waals surface area (Å²) in [6.45, 7) is 4.23. The molecule has 2 aromatic rings. The third-order valence-corrected chi connectivity index (χ3v) is 6.83. The Morgan fingerprint density at radius 3 is 2.65 bits per heavy atom. The summed E-state index contributed by atoms with van der Waals surface area (Å²) in [6, 6.07) is 6.63. The van der Waals surface area contributed by atoms with Crippen LogP contribution in [0, 0.1) is 0 Å². The van der Waals surface area contributed by atoms with Crippen LogP contribution >= 0.6 is 31.9 Å². The Morgan fingerprint density at radius 1 is 1.04 bits per heavy atom. The van der Waals surface area contributed by atoms with Gasteiger partial charge in [0.05, 0.1) is 17.1 Å². The van der Waals surface area contributed by atoms with Gasteiger partial charge < -0.3 is 14.4 Å². The number of hydrogen-bond donors (Lipinski definition) is 0. The van der Waals surface area contributed by atoms with Crippen LogP contribution in [0.3, 0.4) is 0 Å². The van der Waals surface area contributed by atoms with Gasteiger partial charge in [-0.25, -0.2) is 4.99 Å². The SMILES string of the molecule is CN1CCN(c2ccc(Br)c3c2N=C(Br)C2=CCCc4ccn-3c42)CC1. The number of piperazine rings is 1. The van der Waals surface area contributed by atoms with Gasteiger partial charge >= 0.3 is 0 Å². The molecule has 4 nitrogen and oxygen atoms in total. The molecule has 0 saturated carbocycles. The van der Waals surface area contributed by atoms with E-state index in [2.05, 4.69) is 83.7 Å². The standard InChI is InChI=1S/C20H20Br2N4/c1-24-9-11-25(12-10-24)16-6-5-15(21)19-17(16)23-20(22)14-4-2-3-13-7-8-26(19)18(13)14/h4-8H,2-3,9-12H2,1H3. The molecule has 6 heteroatoms. The number of halogens is 2. The number of aryl methyl sites for hydroxylation is 1. The zero-order chi connectivity index (χ0) is 17.8. The zero-order valence-electron chi connectivity index (χ0n) is 14.7. The number of fused-ring (bicyclic) bond motifs is 2. The normalized spacial score (nSPS) is 19.4. The van der Waals surface area contributed by atoms with E-state index < -0.39 is 0 Å². The van der Waals surface area contributed by atoms with Crippen LogP contribution < -0.4 is 4.90 Å². The molecular weight excluding hydrogens is 456 g/mol. The number of aromatic nitrogens is 1. The molecule has 5 rings (SSSR count). The van der Waals surface area contributed by atoms with E-state index in [1.807, 2.05) is 0 Å². The van der Waals surface area contributed by atoms with Crippen molar-refractivity contribution in [2.75, 3.05) is 38.1 Å². The van der Waals surface area contributed by atoms with E-state index in [4.69, 9.17) is 4.99 Å². The van der Waals surface area contributed by atoms with E-state index in [0.717, 1.165) is 59.5 Å². The molecule has 2 aliphatic heterocycles. The van der Waals surface area contributed by atoms with Crippen molar-refractivity contribution in [3.05, 3.63) is 46.2 Å². The van der Waals surface area contributed by atoms with Gasteiger partial charge in [0.2, 0.25) is 0 Å². The number of allylic oxidation sites excluding steroid dienone is 2. The summed E-state index contributed by atoms with van der Waals surface area (Å²) >= 11 is 7.57. The van der Waals surface area contributed by atoms with Gasteiger partial charge in [-0.1, -0.05) is 6.08 Å². The van der Waals surface area contributed by atoms with Gasteiger partial charge in [-0.15, -0.1) is 0 Å². The van der Waals surface area contributed by atoms with Crippen LogP contribution in [0.5, 0.6) is 0 Å².